The minimum Gasteiger partial charge on any atom is -0.404 e. The summed E-state index contributed by atoms with van der Waals surface area (Å²) in [6.07, 6.45) is 5.33. The van der Waals surface area contributed by atoms with E-state index in [0.717, 1.165) is 16.7 Å². The predicted molar refractivity (Wildman–Crippen MR) is 92.5 cm³/mol. The quantitative estimate of drug-likeness (QED) is 0.478. The van der Waals surface area contributed by atoms with E-state index in [-0.39, 0.29) is 6.29 Å². The van der Waals surface area contributed by atoms with Gasteiger partial charge < -0.3 is 15.2 Å². The van der Waals surface area contributed by atoms with Gasteiger partial charge in [-0.05, 0) is 18.2 Å². The second-order valence-corrected chi connectivity index (χ2v) is 5.13. The van der Waals surface area contributed by atoms with Gasteiger partial charge in [-0.3, -0.25) is 9.98 Å². The van der Waals surface area contributed by atoms with Gasteiger partial charge in [0.05, 0.1) is 11.0 Å². The van der Waals surface area contributed by atoms with Crippen LogP contribution < -0.4 is 5.73 Å². The maximum absolute atomic E-state index is 5.92. The lowest BCUT2D eigenvalue weighted by atomic mass is 10.1. The lowest BCUT2D eigenvalue weighted by Crippen LogP contribution is -2.13. The highest BCUT2D eigenvalue weighted by Crippen LogP contribution is 2.18. The Morgan fingerprint density at radius 1 is 1.35 bits per heavy atom. The molecule has 0 aliphatic rings. The van der Waals surface area contributed by atoms with E-state index in [2.05, 4.69) is 15.0 Å². The van der Waals surface area contributed by atoms with Crippen molar-refractivity contribution in [2.75, 3.05) is 20.8 Å². The zero-order chi connectivity index (χ0) is 16.7. The summed E-state index contributed by atoms with van der Waals surface area (Å²) >= 11 is 5.92. The molecule has 0 bridgehead atoms. The van der Waals surface area contributed by atoms with Crippen molar-refractivity contribution in [3.05, 3.63) is 41.3 Å². The van der Waals surface area contributed by atoms with Gasteiger partial charge in [0.2, 0.25) is 0 Å². The normalized spacial score (nSPS) is 12.6. The number of rotatable bonds is 7. The molecule has 0 spiro atoms. The lowest BCUT2D eigenvalue weighted by Gasteiger charge is -2.11. The number of ether oxygens (including phenoxy) is 2. The van der Waals surface area contributed by atoms with E-state index in [9.17, 15) is 0 Å². The van der Waals surface area contributed by atoms with Crippen LogP contribution in [0.3, 0.4) is 0 Å². The highest BCUT2D eigenvalue weighted by Gasteiger charge is 2.05. The lowest BCUT2D eigenvalue weighted by molar-refractivity contribution is -0.104. The van der Waals surface area contributed by atoms with Crippen molar-refractivity contribution in [3.8, 4) is 0 Å². The molecule has 7 heteroatoms. The smallest absolute Gasteiger partial charge is 0.158 e. The number of hydrogen-bond acceptors (Lipinski definition) is 6. The maximum atomic E-state index is 5.92. The summed E-state index contributed by atoms with van der Waals surface area (Å²) in [4.78, 5) is 13.0. The van der Waals surface area contributed by atoms with Gasteiger partial charge in [-0.1, -0.05) is 11.6 Å². The topological polar surface area (TPSA) is 82.6 Å². The molecule has 2 rings (SSSR count). The standard InChI is InChI=1S/C16H19ClN4O2/c1-22-16(23-2)5-6-19-9-12(8-18)11-7-14-13(20-10-11)3-4-15(17)21-14/h3-4,7-10,16H,5-6,18H2,1-2H3. The molecule has 6 nitrogen and oxygen atoms in total. The first-order valence-electron chi connectivity index (χ1n) is 7.08. The fourth-order valence-electron chi connectivity index (χ4n) is 2.03. The Labute approximate surface area is 140 Å². The molecule has 2 aromatic heterocycles. The SMILES string of the molecule is COC(CCN=CC(=CN)c1cnc2ccc(Cl)nc2c1)OC. The van der Waals surface area contributed by atoms with Gasteiger partial charge in [-0.15, -0.1) is 0 Å². The van der Waals surface area contributed by atoms with Crippen LogP contribution in [0.1, 0.15) is 12.0 Å². The molecular formula is C16H19ClN4O2. The Bertz CT molecular complexity index is 714. The molecule has 2 aromatic rings. The van der Waals surface area contributed by atoms with Crippen molar-refractivity contribution in [1.82, 2.24) is 9.97 Å². The second kappa shape index (κ2) is 8.57. The molecule has 0 fully saturated rings. The highest BCUT2D eigenvalue weighted by molar-refractivity contribution is 6.29. The van der Waals surface area contributed by atoms with E-state index >= 15 is 0 Å². The molecule has 0 radical (unpaired) electrons. The van der Waals surface area contributed by atoms with E-state index in [1.165, 1.54) is 6.20 Å². The van der Waals surface area contributed by atoms with E-state index in [0.29, 0.717) is 23.6 Å². The third-order valence-corrected chi connectivity index (χ3v) is 3.48. The molecule has 2 N–H and O–H groups in total. The van der Waals surface area contributed by atoms with Gasteiger partial charge in [0, 0.05) is 56.9 Å². The third kappa shape index (κ3) is 4.72. The molecular weight excluding hydrogens is 316 g/mol. The number of allylic oxidation sites excluding steroid dienone is 1. The van der Waals surface area contributed by atoms with Gasteiger partial charge in [-0.25, -0.2) is 4.98 Å². The Kier molecular flexibility index (Phi) is 6.46. The predicted octanol–water partition coefficient (Wildman–Crippen LogP) is 2.66. The number of hydrogen-bond donors (Lipinski definition) is 1. The number of aromatic nitrogens is 2. The van der Waals surface area contributed by atoms with Gasteiger partial charge in [0.25, 0.3) is 0 Å². The molecule has 0 aromatic carbocycles. The molecule has 0 saturated carbocycles. The fourth-order valence-corrected chi connectivity index (χ4v) is 2.18. The zero-order valence-corrected chi connectivity index (χ0v) is 13.8. The van der Waals surface area contributed by atoms with Crippen LogP contribution in [0.25, 0.3) is 16.6 Å². The number of halogens is 1. The van der Waals surface area contributed by atoms with Crippen LogP contribution in [-0.4, -0.2) is 43.2 Å². The van der Waals surface area contributed by atoms with Crippen molar-refractivity contribution in [2.45, 2.75) is 12.7 Å². The van der Waals surface area contributed by atoms with Crippen molar-refractivity contribution in [3.63, 3.8) is 0 Å². The number of aliphatic imine (C=N–C) groups is 1. The zero-order valence-electron chi connectivity index (χ0n) is 13.1. The Morgan fingerprint density at radius 2 is 2.13 bits per heavy atom. The van der Waals surface area contributed by atoms with Gasteiger partial charge >= 0.3 is 0 Å². The largest absolute Gasteiger partial charge is 0.404 e. The Balaban J connectivity index is 2.11. The Morgan fingerprint density at radius 3 is 2.83 bits per heavy atom. The minimum absolute atomic E-state index is 0.258. The first kappa shape index (κ1) is 17.3. The second-order valence-electron chi connectivity index (χ2n) is 4.74. The van der Waals surface area contributed by atoms with Crippen LogP contribution in [0.5, 0.6) is 0 Å². The molecule has 0 aliphatic carbocycles. The number of fused-ring (bicyclic) bond motifs is 1. The van der Waals surface area contributed by atoms with Gasteiger partial charge in [-0.2, -0.15) is 0 Å². The molecule has 0 amide bonds. The average molecular weight is 335 g/mol. The summed E-state index contributed by atoms with van der Waals surface area (Å²) < 4.78 is 10.2. The Hall–Kier alpha value is -2.02. The fraction of sp³-hybridized carbons (Fsp3) is 0.312. The van der Waals surface area contributed by atoms with Crippen molar-refractivity contribution < 1.29 is 9.47 Å². The average Bonchev–Trinajstić information content (AvgIpc) is 2.57. The first-order chi connectivity index (χ1) is 11.2. The summed E-state index contributed by atoms with van der Waals surface area (Å²) in [5.41, 5.74) is 8.76. The minimum atomic E-state index is -0.258. The number of pyridine rings is 2. The van der Waals surface area contributed by atoms with E-state index in [4.69, 9.17) is 26.8 Å². The van der Waals surface area contributed by atoms with Crippen molar-refractivity contribution in [2.24, 2.45) is 10.7 Å². The third-order valence-electron chi connectivity index (χ3n) is 3.27. The van der Waals surface area contributed by atoms with Crippen LogP contribution in [0.2, 0.25) is 5.15 Å². The van der Waals surface area contributed by atoms with Gasteiger partial charge in [0.1, 0.15) is 5.15 Å². The van der Waals surface area contributed by atoms with Crippen LogP contribution in [0.4, 0.5) is 0 Å². The maximum Gasteiger partial charge on any atom is 0.158 e. The first-order valence-corrected chi connectivity index (χ1v) is 7.45. The summed E-state index contributed by atoms with van der Waals surface area (Å²) in [7, 11) is 3.20. The molecule has 2 heterocycles. The van der Waals surface area contributed by atoms with E-state index in [1.807, 2.05) is 12.1 Å². The summed E-state index contributed by atoms with van der Waals surface area (Å²) in [5.74, 6) is 0. The number of nitrogens with zero attached hydrogens (tertiary/aromatic N) is 3. The summed E-state index contributed by atoms with van der Waals surface area (Å²) in [5, 5.41) is 0.425. The number of nitrogens with two attached hydrogens (primary N) is 1. The summed E-state index contributed by atoms with van der Waals surface area (Å²) in [6.45, 7) is 0.564. The number of methoxy groups -OCH3 is 2. The molecule has 0 unspecified atom stereocenters. The molecule has 0 aliphatic heterocycles. The van der Waals surface area contributed by atoms with Crippen LogP contribution in [0, 0.1) is 0 Å². The van der Waals surface area contributed by atoms with E-state index < -0.39 is 0 Å². The monoisotopic (exact) mass is 334 g/mol. The van der Waals surface area contributed by atoms with Crippen molar-refractivity contribution in [1.29, 1.82) is 0 Å². The van der Waals surface area contributed by atoms with Crippen LogP contribution in [-0.2, 0) is 9.47 Å². The molecule has 0 atom stereocenters. The molecule has 122 valence electrons. The highest BCUT2D eigenvalue weighted by atomic mass is 35.5. The molecule has 0 saturated heterocycles. The van der Waals surface area contributed by atoms with Crippen LogP contribution >= 0.6 is 11.6 Å². The van der Waals surface area contributed by atoms with Gasteiger partial charge in [0.15, 0.2) is 6.29 Å². The summed E-state index contributed by atoms with van der Waals surface area (Å²) in [6, 6.07) is 5.41. The van der Waals surface area contributed by atoms with Crippen LogP contribution in [0.15, 0.2) is 35.6 Å². The molecule has 23 heavy (non-hydrogen) atoms. The van der Waals surface area contributed by atoms with Crippen molar-refractivity contribution >= 4 is 34.4 Å². The van der Waals surface area contributed by atoms with E-state index in [1.54, 1.807) is 32.7 Å².